The molecule has 158 valence electrons. The Labute approximate surface area is 174 Å². The molecule has 0 saturated carbocycles. The lowest BCUT2D eigenvalue weighted by molar-refractivity contribution is 0.504. The number of hydrogen-bond donors (Lipinski definition) is 2. The van der Waals surface area contributed by atoms with Crippen molar-refractivity contribution >= 4 is 21.7 Å². The molecule has 4 rings (SSSR count). The van der Waals surface area contributed by atoms with Gasteiger partial charge in [0.25, 0.3) is 5.89 Å². The van der Waals surface area contributed by atoms with Gasteiger partial charge in [0.05, 0.1) is 22.0 Å². The summed E-state index contributed by atoms with van der Waals surface area (Å²) >= 11 is 0. The van der Waals surface area contributed by atoms with Crippen LogP contribution in [0.1, 0.15) is 13.8 Å². The third-order valence-corrected chi connectivity index (χ3v) is 7.07. The Morgan fingerprint density at radius 1 is 1.13 bits per heavy atom. The number of hydrogen-bond acceptors (Lipinski definition) is 10. The Balaban J connectivity index is 1.63. The summed E-state index contributed by atoms with van der Waals surface area (Å²) in [5.41, 5.74) is 7.51. The van der Waals surface area contributed by atoms with Gasteiger partial charge < -0.3 is 20.4 Å². The van der Waals surface area contributed by atoms with Crippen LogP contribution in [0.25, 0.3) is 22.8 Å². The van der Waals surface area contributed by atoms with Crippen LogP contribution in [0.5, 0.6) is 0 Å². The summed E-state index contributed by atoms with van der Waals surface area (Å²) in [7, 11) is -3.34. The molecule has 11 heteroatoms. The Hall–Kier alpha value is -3.05. The third-order valence-electron chi connectivity index (χ3n) is 4.90. The van der Waals surface area contributed by atoms with E-state index in [1.165, 1.54) is 6.20 Å². The van der Waals surface area contributed by atoms with E-state index in [9.17, 15) is 8.42 Å². The number of nitrogens with zero attached hydrogens (tertiary/aromatic N) is 5. The standard InChI is InChI=1S/C19H23N7O3S/c1-12(2)30(27,28)14-5-3-13(4-6-14)15-11-22-17(20)16(23-15)18-24-25-19(29-18)26-9-7-21-8-10-26/h3-6,11-12,21H,7-10H2,1-2H3,(H2,20,22). The van der Waals surface area contributed by atoms with E-state index in [2.05, 4.69) is 25.5 Å². The first-order valence-corrected chi connectivity index (χ1v) is 11.2. The van der Waals surface area contributed by atoms with Gasteiger partial charge in [-0.2, -0.15) is 0 Å². The Bertz CT molecular complexity index is 1140. The van der Waals surface area contributed by atoms with E-state index in [1.807, 2.05) is 4.90 Å². The second-order valence-electron chi connectivity index (χ2n) is 7.23. The average molecular weight is 430 g/mol. The smallest absolute Gasteiger partial charge is 0.318 e. The van der Waals surface area contributed by atoms with E-state index < -0.39 is 15.1 Å². The van der Waals surface area contributed by atoms with Crippen molar-refractivity contribution in [3.63, 3.8) is 0 Å². The van der Waals surface area contributed by atoms with Crippen LogP contribution in [0.3, 0.4) is 0 Å². The highest BCUT2D eigenvalue weighted by Gasteiger charge is 2.21. The molecule has 1 aliphatic heterocycles. The molecule has 0 aliphatic carbocycles. The zero-order chi connectivity index (χ0) is 21.3. The summed E-state index contributed by atoms with van der Waals surface area (Å²) in [4.78, 5) is 11.0. The van der Waals surface area contributed by atoms with Crippen molar-refractivity contribution in [2.24, 2.45) is 0 Å². The predicted octanol–water partition coefficient (Wildman–Crippen LogP) is 1.37. The number of nitrogens with one attached hydrogen (secondary N) is 1. The van der Waals surface area contributed by atoms with Crippen LogP contribution in [0.2, 0.25) is 0 Å². The van der Waals surface area contributed by atoms with Gasteiger partial charge in [0.15, 0.2) is 21.3 Å². The number of sulfone groups is 1. The lowest BCUT2D eigenvalue weighted by Crippen LogP contribution is -2.43. The molecular formula is C19H23N7O3S. The summed E-state index contributed by atoms with van der Waals surface area (Å²) in [5.74, 6) is 0.364. The van der Waals surface area contributed by atoms with Crippen molar-refractivity contribution in [3.05, 3.63) is 30.5 Å². The molecule has 0 radical (unpaired) electrons. The van der Waals surface area contributed by atoms with Gasteiger partial charge in [-0.3, -0.25) is 0 Å². The van der Waals surface area contributed by atoms with E-state index >= 15 is 0 Å². The third kappa shape index (κ3) is 3.85. The van der Waals surface area contributed by atoms with Crippen molar-refractivity contribution in [2.75, 3.05) is 36.8 Å². The molecule has 3 aromatic rings. The SMILES string of the molecule is CC(C)S(=O)(=O)c1ccc(-c2cnc(N)c(-c3nnc(N4CCNCC4)o3)n2)cc1. The van der Waals surface area contributed by atoms with E-state index in [4.69, 9.17) is 10.2 Å². The molecule has 0 atom stereocenters. The lowest BCUT2D eigenvalue weighted by atomic mass is 10.1. The van der Waals surface area contributed by atoms with E-state index in [-0.39, 0.29) is 16.6 Å². The minimum absolute atomic E-state index is 0.174. The maximum atomic E-state index is 12.3. The summed E-state index contributed by atoms with van der Waals surface area (Å²) in [6, 6.07) is 6.94. The number of nitrogens with two attached hydrogens (primary N) is 1. The zero-order valence-corrected chi connectivity index (χ0v) is 17.6. The second kappa shape index (κ2) is 8.00. The van der Waals surface area contributed by atoms with E-state index in [1.54, 1.807) is 38.1 Å². The molecule has 3 heterocycles. The first-order valence-electron chi connectivity index (χ1n) is 9.62. The van der Waals surface area contributed by atoms with Crippen LogP contribution in [-0.2, 0) is 9.84 Å². The normalized spacial score (nSPS) is 15.0. The minimum atomic E-state index is -3.34. The first-order chi connectivity index (χ1) is 14.4. The summed E-state index contributed by atoms with van der Waals surface area (Å²) in [5, 5.41) is 11.0. The first kappa shape index (κ1) is 20.2. The van der Waals surface area contributed by atoms with Gasteiger partial charge in [0.2, 0.25) is 0 Å². The number of anilines is 2. The largest absolute Gasteiger partial charge is 0.401 e. The lowest BCUT2D eigenvalue weighted by Gasteiger charge is -2.24. The molecule has 3 N–H and O–H groups in total. The van der Waals surface area contributed by atoms with Crippen LogP contribution < -0.4 is 16.0 Å². The van der Waals surface area contributed by atoms with Crippen molar-refractivity contribution in [1.82, 2.24) is 25.5 Å². The maximum absolute atomic E-state index is 12.3. The quantitative estimate of drug-likeness (QED) is 0.611. The summed E-state index contributed by atoms with van der Waals surface area (Å²) in [6.07, 6.45) is 1.53. The van der Waals surface area contributed by atoms with Gasteiger partial charge in [0.1, 0.15) is 0 Å². The molecular weight excluding hydrogens is 406 g/mol. The van der Waals surface area contributed by atoms with Gasteiger partial charge in [0, 0.05) is 31.7 Å². The molecule has 0 unspecified atom stereocenters. The maximum Gasteiger partial charge on any atom is 0.318 e. The average Bonchev–Trinajstić information content (AvgIpc) is 3.25. The van der Waals surface area contributed by atoms with Gasteiger partial charge in [-0.15, -0.1) is 5.10 Å². The highest BCUT2D eigenvalue weighted by molar-refractivity contribution is 7.92. The topological polar surface area (TPSA) is 140 Å². The van der Waals surface area contributed by atoms with Gasteiger partial charge in [-0.25, -0.2) is 18.4 Å². The molecule has 0 amide bonds. The van der Waals surface area contributed by atoms with Crippen LogP contribution >= 0.6 is 0 Å². The number of rotatable bonds is 5. The molecule has 1 fully saturated rings. The highest BCUT2D eigenvalue weighted by atomic mass is 32.2. The molecule has 30 heavy (non-hydrogen) atoms. The fourth-order valence-electron chi connectivity index (χ4n) is 3.08. The Morgan fingerprint density at radius 2 is 1.83 bits per heavy atom. The van der Waals surface area contributed by atoms with Crippen molar-refractivity contribution in [3.8, 4) is 22.8 Å². The monoisotopic (exact) mass is 429 g/mol. The van der Waals surface area contributed by atoms with Gasteiger partial charge >= 0.3 is 6.01 Å². The summed E-state index contributed by atoms with van der Waals surface area (Å²) < 4.78 is 30.4. The van der Waals surface area contributed by atoms with E-state index in [0.29, 0.717) is 23.0 Å². The van der Waals surface area contributed by atoms with Crippen LogP contribution in [-0.4, -0.2) is 60.0 Å². The predicted molar refractivity (Wildman–Crippen MR) is 113 cm³/mol. The molecule has 1 saturated heterocycles. The molecule has 10 nitrogen and oxygen atoms in total. The van der Waals surface area contributed by atoms with Gasteiger partial charge in [-0.1, -0.05) is 17.2 Å². The number of nitrogen functional groups attached to an aromatic ring is 1. The fourth-order valence-corrected chi connectivity index (χ4v) is 4.14. The molecule has 0 bridgehead atoms. The second-order valence-corrected chi connectivity index (χ2v) is 9.74. The number of piperazine rings is 1. The van der Waals surface area contributed by atoms with Crippen LogP contribution in [0.4, 0.5) is 11.8 Å². The number of benzene rings is 1. The summed E-state index contributed by atoms with van der Waals surface area (Å²) in [6.45, 7) is 6.54. The van der Waals surface area contributed by atoms with Crippen LogP contribution in [0, 0.1) is 0 Å². The zero-order valence-electron chi connectivity index (χ0n) is 16.7. The highest BCUT2D eigenvalue weighted by Crippen LogP contribution is 2.28. The van der Waals surface area contributed by atoms with Crippen LogP contribution in [0.15, 0.2) is 39.8 Å². The number of aromatic nitrogens is 4. The Morgan fingerprint density at radius 3 is 2.50 bits per heavy atom. The minimum Gasteiger partial charge on any atom is -0.401 e. The van der Waals surface area contributed by atoms with Crippen molar-refractivity contribution in [2.45, 2.75) is 24.0 Å². The molecule has 0 spiro atoms. The van der Waals surface area contributed by atoms with E-state index in [0.717, 1.165) is 26.2 Å². The fraction of sp³-hybridized carbons (Fsp3) is 0.368. The van der Waals surface area contributed by atoms with Gasteiger partial charge in [-0.05, 0) is 26.0 Å². The molecule has 1 aliphatic rings. The molecule has 2 aromatic heterocycles. The van der Waals surface area contributed by atoms with Crippen molar-refractivity contribution < 1.29 is 12.8 Å². The molecule has 1 aromatic carbocycles. The van der Waals surface area contributed by atoms with Crippen molar-refractivity contribution in [1.29, 1.82) is 0 Å². The Kier molecular flexibility index (Phi) is 5.39.